The van der Waals surface area contributed by atoms with E-state index in [0.29, 0.717) is 28.8 Å². The Morgan fingerprint density at radius 1 is 0.742 bits per heavy atom. The molecule has 5 fully saturated rings. The van der Waals surface area contributed by atoms with E-state index in [9.17, 15) is 10.2 Å². The maximum Gasteiger partial charge on any atom is 0.0594 e. The molecule has 2 nitrogen and oxygen atoms in total. The standard InChI is InChI=1S/C29H50O2/c1-19-8-7-13-29(18-30)17-16-27(5)20(24(19)29)9-10-22-26(4)14-12-23(31)25(2,3)21(26)11-15-28(22,27)6/h19-24,30-31H,7-18H2,1-6H3/t19-,20?,21-,22+,23-,24-,26-,27+,28+,29+/m0/s1. The molecular weight excluding hydrogens is 380 g/mol. The molecular formula is C29H50O2. The van der Waals surface area contributed by atoms with Crippen LogP contribution in [0.25, 0.3) is 0 Å². The fourth-order valence-electron chi connectivity index (χ4n) is 11.6. The second kappa shape index (κ2) is 6.97. The molecule has 0 heterocycles. The van der Waals surface area contributed by atoms with Gasteiger partial charge in [0.25, 0.3) is 0 Å². The van der Waals surface area contributed by atoms with Gasteiger partial charge in [-0.05, 0) is 114 Å². The summed E-state index contributed by atoms with van der Waals surface area (Å²) < 4.78 is 0. The van der Waals surface area contributed by atoms with Crippen LogP contribution in [0.4, 0.5) is 0 Å². The molecule has 5 aliphatic rings. The van der Waals surface area contributed by atoms with Crippen LogP contribution in [0.3, 0.4) is 0 Å². The van der Waals surface area contributed by atoms with E-state index < -0.39 is 0 Å². The zero-order chi connectivity index (χ0) is 22.4. The van der Waals surface area contributed by atoms with Crippen molar-refractivity contribution in [1.82, 2.24) is 0 Å². The van der Waals surface area contributed by atoms with E-state index in [4.69, 9.17) is 0 Å². The number of fused-ring (bicyclic) bond motifs is 7. The largest absolute Gasteiger partial charge is 0.396 e. The van der Waals surface area contributed by atoms with Crippen molar-refractivity contribution in [3.63, 3.8) is 0 Å². The number of aliphatic hydroxyl groups is 2. The van der Waals surface area contributed by atoms with E-state index in [2.05, 4.69) is 41.5 Å². The highest BCUT2D eigenvalue weighted by Gasteiger charge is 2.69. The van der Waals surface area contributed by atoms with Gasteiger partial charge in [0.15, 0.2) is 0 Å². The highest BCUT2D eigenvalue weighted by atomic mass is 16.3. The van der Waals surface area contributed by atoms with E-state index in [-0.39, 0.29) is 16.9 Å². The van der Waals surface area contributed by atoms with Crippen LogP contribution in [0, 0.1) is 56.7 Å². The molecule has 0 amide bonds. The van der Waals surface area contributed by atoms with Crippen LogP contribution in [0.15, 0.2) is 0 Å². The molecule has 0 bridgehead atoms. The third-order valence-electron chi connectivity index (χ3n) is 13.5. The molecule has 5 aliphatic carbocycles. The minimum absolute atomic E-state index is 0.0442. The van der Waals surface area contributed by atoms with Crippen molar-refractivity contribution in [3.05, 3.63) is 0 Å². The highest BCUT2D eigenvalue weighted by Crippen LogP contribution is 2.76. The quantitative estimate of drug-likeness (QED) is 0.478. The summed E-state index contributed by atoms with van der Waals surface area (Å²) in [6, 6.07) is 0. The Morgan fingerprint density at radius 2 is 1.48 bits per heavy atom. The zero-order valence-corrected chi connectivity index (χ0v) is 21.3. The summed E-state index contributed by atoms with van der Waals surface area (Å²) in [5, 5.41) is 21.5. The van der Waals surface area contributed by atoms with Gasteiger partial charge >= 0.3 is 0 Å². The van der Waals surface area contributed by atoms with E-state index in [1.54, 1.807) is 0 Å². The van der Waals surface area contributed by atoms with Crippen LogP contribution in [0.5, 0.6) is 0 Å². The lowest BCUT2D eigenvalue weighted by atomic mass is 9.31. The molecule has 0 aromatic heterocycles. The molecule has 0 aromatic rings. The van der Waals surface area contributed by atoms with Crippen molar-refractivity contribution in [2.75, 3.05) is 6.61 Å². The van der Waals surface area contributed by atoms with Crippen LogP contribution in [0.1, 0.15) is 112 Å². The van der Waals surface area contributed by atoms with Gasteiger partial charge in [0.1, 0.15) is 0 Å². The molecule has 178 valence electrons. The number of hydrogen-bond donors (Lipinski definition) is 2. The predicted molar refractivity (Wildman–Crippen MR) is 128 cm³/mol. The van der Waals surface area contributed by atoms with Crippen molar-refractivity contribution in [2.45, 2.75) is 118 Å². The number of hydrogen-bond acceptors (Lipinski definition) is 2. The molecule has 2 N–H and O–H groups in total. The zero-order valence-electron chi connectivity index (χ0n) is 21.3. The topological polar surface area (TPSA) is 40.5 Å². The van der Waals surface area contributed by atoms with Gasteiger partial charge in [0.2, 0.25) is 0 Å². The average molecular weight is 431 g/mol. The van der Waals surface area contributed by atoms with Crippen LogP contribution < -0.4 is 0 Å². The summed E-state index contributed by atoms with van der Waals surface area (Å²) >= 11 is 0. The molecule has 31 heavy (non-hydrogen) atoms. The molecule has 2 heteroatoms. The van der Waals surface area contributed by atoms with Crippen molar-refractivity contribution in [2.24, 2.45) is 56.7 Å². The Hall–Kier alpha value is -0.0800. The Balaban J connectivity index is 1.54. The number of rotatable bonds is 1. The summed E-state index contributed by atoms with van der Waals surface area (Å²) in [6.45, 7) is 15.7. The summed E-state index contributed by atoms with van der Waals surface area (Å²) in [4.78, 5) is 0. The third kappa shape index (κ3) is 2.70. The first-order valence-corrected chi connectivity index (χ1v) is 13.8. The average Bonchev–Trinajstić information content (AvgIpc) is 2.72. The van der Waals surface area contributed by atoms with Gasteiger partial charge in [-0.1, -0.05) is 54.4 Å². The molecule has 0 aromatic carbocycles. The van der Waals surface area contributed by atoms with Crippen LogP contribution >= 0.6 is 0 Å². The number of aliphatic hydroxyl groups excluding tert-OH is 2. The van der Waals surface area contributed by atoms with Crippen LogP contribution in [0.2, 0.25) is 0 Å². The summed E-state index contributed by atoms with van der Waals surface area (Å²) in [6.07, 6.45) is 14.0. The Kier molecular flexibility index (Phi) is 5.10. The third-order valence-corrected chi connectivity index (χ3v) is 13.5. The normalized spacial score (nSPS) is 58.5. The Morgan fingerprint density at radius 3 is 2.19 bits per heavy atom. The van der Waals surface area contributed by atoms with Gasteiger partial charge in [-0.25, -0.2) is 0 Å². The monoisotopic (exact) mass is 430 g/mol. The lowest BCUT2D eigenvalue weighted by Crippen LogP contribution is -2.67. The molecule has 10 atom stereocenters. The fraction of sp³-hybridized carbons (Fsp3) is 1.00. The molecule has 0 saturated heterocycles. The predicted octanol–water partition coefficient (Wildman–Crippen LogP) is 6.83. The second-order valence-corrected chi connectivity index (χ2v) is 14.5. The summed E-state index contributed by atoms with van der Waals surface area (Å²) in [7, 11) is 0. The van der Waals surface area contributed by atoms with Gasteiger partial charge in [0.05, 0.1) is 6.10 Å². The van der Waals surface area contributed by atoms with Crippen molar-refractivity contribution in [1.29, 1.82) is 0 Å². The van der Waals surface area contributed by atoms with Gasteiger partial charge in [-0.3, -0.25) is 0 Å². The van der Waals surface area contributed by atoms with Gasteiger partial charge in [-0.2, -0.15) is 0 Å². The smallest absolute Gasteiger partial charge is 0.0594 e. The summed E-state index contributed by atoms with van der Waals surface area (Å²) in [5.41, 5.74) is 1.43. The first-order chi connectivity index (χ1) is 14.5. The van der Waals surface area contributed by atoms with E-state index in [0.717, 1.165) is 30.1 Å². The van der Waals surface area contributed by atoms with Crippen LogP contribution in [-0.4, -0.2) is 22.9 Å². The first-order valence-electron chi connectivity index (χ1n) is 13.8. The minimum atomic E-state index is -0.134. The second-order valence-electron chi connectivity index (χ2n) is 14.5. The molecule has 0 spiro atoms. The van der Waals surface area contributed by atoms with E-state index >= 15 is 0 Å². The molecule has 0 radical (unpaired) electrons. The van der Waals surface area contributed by atoms with Gasteiger partial charge in [0, 0.05) is 6.61 Å². The molecule has 0 aliphatic heterocycles. The molecule has 5 rings (SSSR count). The lowest BCUT2D eigenvalue weighted by Gasteiger charge is -2.73. The maximum atomic E-state index is 10.9. The van der Waals surface area contributed by atoms with Gasteiger partial charge in [-0.15, -0.1) is 0 Å². The van der Waals surface area contributed by atoms with Crippen molar-refractivity contribution < 1.29 is 10.2 Å². The summed E-state index contributed by atoms with van der Waals surface area (Å²) in [5.74, 6) is 3.70. The Labute approximate surface area is 192 Å². The SMILES string of the molecule is C[C@H]1CCC[C@]2(CO)CC[C@]3(C)C(CC[C@@H]4[C@@]5(C)CC[C@H](O)C(C)(C)[C@@H]5CC[C@]43C)[C@H]12. The fourth-order valence-corrected chi connectivity index (χ4v) is 11.6. The minimum Gasteiger partial charge on any atom is -0.396 e. The highest BCUT2D eigenvalue weighted by molar-refractivity contribution is 5.18. The Bertz CT molecular complexity index is 716. The van der Waals surface area contributed by atoms with Crippen molar-refractivity contribution in [3.8, 4) is 0 Å². The molecule has 5 saturated carbocycles. The molecule has 1 unspecified atom stereocenters. The van der Waals surface area contributed by atoms with Crippen LogP contribution in [-0.2, 0) is 0 Å². The van der Waals surface area contributed by atoms with E-state index in [1.165, 1.54) is 64.2 Å². The lowest BCUT2D eigenvalue weighted by molar-refractivity contribution is -0.258. The van der Waals surface area contributed by atoms with Crippen molar-refractivity contribution >= 4 is 0 Å². The first kappa shape index (κ1) is 22.7. The van der Waals surface area contributed by atoms with E-state index in [1.807, 2.05) is 0 Å². The maximum absolute atomic E-state index is 10.9. The van der Waals surface area contributed by atoms with Gasteiger partial charge < -0.3 is 10.2 Å².